The Labute approximate surface area is 125 Å². The maximum Gasteiger partial charge on any atom is 0.251 e. The molecular weight excluding hydrogens is 268 g/mol. The van der Waals surface area contributed by atoms with Crippen molar-refractivity contribution in [2.45, 2.75) is 46.6 Å². The Hall–Kier alpha value is -1.62. The zero-order chi connectivity index (χ0) is 16.0. The summed E-state index contributed by atoms with van der Waals surface area (Å²) in [6.07, 6.45) is 1.23. The number of amides is 1. The number of nitrogens with one attached hydrogen (secondary N) is 2. The fourth-order valence-electron chi connectivity index (χ4n) is 2.24. The van der Waals surface area contributed by atoms with Gasteiger partial charge < -0.3 is 15.4 Å². The van der Waals surface area contributed by atoms with E-state index in [4.69, 9.17) is 5.11 Å². The second-order valence-electron chi connectivity index (χ2n) is 6.19. The lowest BCUT2D eigenvalue weighted by molar-refractivity contribution is 0.0916. The molecule has 118 valence electrons. The molecule has 1 amide bonds. The first kappa shape index (κ1) is 17.4. The number of aliphatic hydroxyl groups is 1. The quantitative estimate of drug-likeness (QED) is 0.716. The van der Waals surface area contributed by atoms with Crippen LogP contribution in [0.3, 0.4) is 0 Å². The lowest BCUT2D eigenvalue weighted by Crippen LogP contribution is -2.39. The monoisotopic (exact) mass is 294 g/mol. The van der Waals surface area contributed by atoms with Crippen LogP contribution in [0, 0.1) is 11.8 Å². The van der Waals surface area contributed by atoms with Crippen LogP contribution in [-0.2, 0) is 6.42 Å². The summed E-state index contributed by atoms with van der Waals surface area (Å²) in [7, 11) is 0. The number of hydrogen-bond donors (Lipinski definition) is 3. The zero-order valence-electron chi connectivity index (χ0n) is 13.3. The van der Waals surface area contributed by atoms with Gasteiger partial charge in [-0.3, -0.25) is 9.59 Å². The largest absolute Gasteiger partial charge is 0.396 e. The molecule has 0 spiro atoms. The molecule has 1 heterocycles. The van der Waals surface area contributed by atoms with Crippen molar-refractivity contribution >= 4 is 5.91 Å². The van der Waals surface area contributed by atoms with Gasteiger partial charge in [0, 0.05) is 30.0 Å². The number of hydrogen-bond acceptors (Lipinski definition) is 3. The Morgan fingerprint density at radius 2 is 1.95 bits per heavy atom. The van der Waals surface area contributed by atoms with Crippen molar-refractivity contribution in [1.29, 1.82) is 0 Å². The van der Waals surface area contributed by atoms with E-state index >= 15 is 0 Å². The molecule has 0 aliphatic heterocycles. The summed E-state index contributed by atoms with van der Waals surface area (Å²) >= 11 is 0. The van der Waals surface area contributed by atoms with Crippen LogP contribution in [0.15, 0.2) is 16.9 Å². The molecule has 0 bridgehead atoms. The molecule has 3 N–H and O–H groups in total. The average Bonchev–Trinajstić information content (AvgIpc) is 2.36. The molecule has 1 atom stereocenters. The topological polar surface area (TPSA) is 82.2 Å². The third-order valence-electron chi connectivity index (χ3n) is 3.35. The number of aliphatic hydroxyl groups excluding tert-OH is 1. The first-order chi connectivity index (χ1) is 9.83. The summed E-state index contributed by atoms with van der Waals surface area (Å²) < 4.78 is 0. The Morgan fingerprint density at radius 3 is 2.48 bits per heavy atom. The summed E-state index contributed by atoms with van der Waals surface area (Å²) in [4.78, 5) is 26.7. The molecule has 0 saturated heterocycles. The van der Waals surface area contributed by atoms with Gasteiger partial charge >= 0.3 is 0 Å². The fourth-order valence-corrected chi connectivity index (χ4v) is 2.24. The van der Waals surface area contributed by atoms with Gasteiger partial charge in [0.25, 0.3) is 5.91 Å². The Balaban J connectivity index is 2.91. The molecule has 5 heteroatoms. The maximum atomic E-state index is 12.3. The van der Waals surface area contributed by atoms with Crippen LogP contribution in [0.4, 0.5) is 0 Å². The molecule has 0 aliphatic carbocycles. The molecule has 1 aromatic heterocycles. The van der Waals surface area contributed by atoms with Gasteiger partial charge in [-0.2, -0.15) is 0 Å². The molecule has 1 unspecified atom stereocenters. The van der Waals surface area contributed by atoms with Gasteiger partial charge in [-0.15, -0.1) is 0 Å². The van der Waals surface area contributed by atoms with Crippen molar-refractivity contribution < 1.29 is 9.90 Å². The van der Waals surface area contributed by atoms with Gasteiger partial charge in [0.15, 0.2) is 0 Å². The predicted octanol–water partition coefficient (Wildman–Crippen LogP) is 1.71. The highest BCUT2D eigenvalue weighted by Crippen LogP contribution is 2.09. The number of carbonyl (C=O) groups is 1. The number of rotatable bonds is 7. The number of aromatic amines is 1. The van der Waals surface area contributed by atoms with Crippen LogP contribution >= 0.6 is 0 Å². The van der Waals surface area contributed by atoms with Crippen molar-refractivity contribution in [3.05, 3.63) is 33.7 Å². The molecule has 0 aliphatic rings. The number of carbonyl (C=O) groups excluding carboxylic acids is 1. The molecule has 0 aromatic carbocycles. The molecule has 1 aromatic rings. The minimum Gasteiger partial charge on any atom is -0.396 e. The average molecular weight is 294 g/mol. The van der Waals surface area contributed by atoms with E-state index in [0.29, 0.717) is 17.9 Å². The standard InChI is InChI=1S/C16H26N2O3/c1-10(2)7-13-8-12(9-15(20)17-13)16(21)18-14(5-6-19)11(3)4/h8-11,14,19H,5-7H2,1-4H3,(H,17,20)(H,18,21). The zero-order valence-corrected chi connectivity index (χ0v) is 13.3. The number of pyridine rings is 1. The van der Waals surface area contributed by atoms with E-state index in [1.165, 1.54) is 6.07 Å². The highest BCUT2D eigenvalue weighted by atomic mass is 16.3. The van der Waals surface area contributed by atoms with Crippen LogP contribution in [-0.4, -0.2) is 28.6 Å². The van der Waals surface area contributed by atoms with Gasteiger partial charge in [0.1, 0.15) is 0 Å². The molecule has 0 saturated carbocycles. The van der Waals surface area contributed by atoms with E-state index in [2.05, 4.69) is 24.1 Å². The third kappa shape index (κ3) is 5.71. The number of aromatic nitrogens is 1. The molecule has 0 radical (unpaired) electrons. The van der Waals surface area contributed by atoms with Crippen LogP contribution in [0.5, 0.6) is 0 Å². The van der Waals surface area contributed by atoms with Crippen molar-refractivity contribution in [2.24, 2.45) is 11.8 Å². The van der Waals surface area contributed by atoms with Gasteiger partial charge in [-0.05, 0) is 30.7 Å². The van der Waals surface area contributed by atoms with Crippen LogP contribution in [0.1, 0.15) is 50.2 Å². The summed E-state index contributed by atoms with van der Waals surface area (Å²) in [6.45, 7) is 8.12. The van der Waals surface area contributed by atoms with Crippen molar-refractivity contribution in [3.63, 3.8) is 0 Å². The smallest absolute Gasteiger partial charge is 0.251 e. The fraction of sp³-hybridized carbons (Fsp3) is 0.625. The molecule has 0 fully saturated rings. The van der Waals surface area contributed by atoms with Gasteiger partial charge in [-0.1, -0.05) is 27.7 Å². The summed E-state index contributed by atoms with van der Waals surface area (Å²) in [5.74, 6) is 0.355. The molecule has 5 nitrogen and oxygen atoms in total. The number of H-pyrrole nitrogens is 1. The van der Waals surface area contributed by atoms with Crippen LogP contribution in [0.25, 0.3) is 0 Å². The minimum atomic E-state index is -0.266. The second kappa shape index (κ2) is 7.98. The Morgan fingerprint density at radius 1 is 1.29 bits per heavy atom. The minimum absolute atomic E-state index is 0.0249. The first-order valence-electron chi connectivity index (χ1n) is 7.48. The second-order valence-corrected chi connectivity index (χ2v) is 6.19. The van der Waals surface area contributed by atoms with Crippen molar-refractivity contribution in [1.82, 2.24) is 10.3 Å². The van der Waals surface area contributed by atoms with Gasteiger partial charge in [-0.25, -0.2) is 0 Å². The Kier molecular flexibility index (Phi) is 6.62. The van der Waals surface area contributed by atoms with Gasteiger partial charge in [0.05, 0.1) is 0 Å². The summed E-state index contributed by atoms with van der Waals surface area (Å²) in [6, 6.07) is 2.94. The van der Waals surface area contributed by atoms with E-state index < -0.39 is 0 Å². The lowest BCUT2D eigenvalue weighted by Gasteiger charge is -2.21. The normalized spacial score (nSPS) is 12.7. The van der Waals surface area contributed by atoms with Crippen LogP contribution in [0.2, 0.25) is 0 Å². The SMILES string of the molecule is CC(C)Cc1cc(C(=O)NC(CCO)C(C)C)cc(=O)[nH]1. The predicted molar refractivity (Wildman–Crippen MR) is 83.4 cm³/mol. The third-order valence-corrected chi connectivity index (χ3v) is 3.35. The molecule has 21 heavy (non-hydrogen) atoms. The van der Waals surface area contributed by atoms with E-state index in [1.807, 2.05) is 13.8 Å². The van der Waals surface area contributed by atoms with Crippen LogP contribution < -0.4 is 10.9 Å². The summed E-state index contributed by atoms with van der Waals surface area (Å²) in [5.41, 5.74) is 0.880. The molecular formula is C16H26N2O3. The van der Waals surface area contributed by atoms with E-state index in [-0.39, 0.29) is 30.0 Å². The van der Waals surface area contributed by atoms with Gasteiger partial charge in [0.2, 0.25) is 5.56 Å². The highest BCUT2D eigenvalue weighted by Gasteiger charge is 2.17. The van der Waals surface area contributed by atoms with Crippen molar-refractivity contribution in [3.8, 4) is 0 Å². The van der Waals surface area contributed by atoms with E-state index in [0.717, 1.165) is 12.1 Å². The first-order valence-corrected chi connectivity index (χ1v) is 7.48. The van der Waals surface area contributed by atoms with E-state index in [1.54, 1.807) is 6.07 Å². The summed E-state index contributed by atoms with van der Waals surface area (Å²) in [5, 5.41) is 11.9. The lowest BCUT2D eigenvalue weighted by atomic mass is 10.0. The Bertz CT molecular complexity index is 520. The highest BCUT2D eigenvalue weighted by molar-refractivity contribution is 5.94. The maximum absolute atomic E-state index is 12.3. The van der Waals surface area contributed by atoms with E-state index in [9.17, 15) is 9.59 Å². The van der Waals surface area contributed by atoms with Crippen molar-refractivity contribution in [2.75, 3.05) is 6.61 Å². The molecule has 1 rings (SSSR count).